The van der Waals surface area contributed by atoms with E-state index in [0.717, 1.165) is 29.1 Å². The van der Waals surface area contributed by atoms with Crippen LogP contribution in [0.4, 0.5) is 8.78 Å². The molecule has 3 aromatic rings. The highest BCUT2D eigenvalue weighted by atomic mass is 19.2. The summed E-state index contributed by atoms with van der Waals surface area (Å²) in [6, 6.07) is 12.4. The number of aromatic nitrogens is 2. The molecule has 1 aliphatic rings. The molecular weight excluding hydrogens is 324 g/mol. The first kappa shape index (κ1) is 15.5. The third kappa shape index (κ3) is 2.69. The van der Waals surface area contributed by atoms with Gasteiger partial charge in [-0.2, -0.15) is 0 Å². The topological polar surface area (TPSA) is 49.0 Å². The lowest BCUT2D eigenvalue weighted by Crippen LogP contribution is -2.40. The predicted octanol–water partition coefficient (Wildman–Crippen LogP) is 3.48. The second-order valence-corrected chi connectivity index (χ2v) is 5.96. The van der Waals surface area contributed by atoms with E-state index in [1.807, 2.05) is 30.3 Å². The summed E-state index contributed by atoms with van der Waals surface area (Å²) >= 11 is 0. The number of nitrogens with zero attached hydrogens (tertiary/aromatic N) is 2. The minimum absolute atomic E-state index is 0.124. The van der Waals surface area contributed by atoms with Gasteiger partial charge in [-0.05, 0) is 23.8 Å². The van der Waals surface area contributed by atoms with Crippen molar-refractivity contribution in [2.24, 2.45) is 0 Å². The van der Waals surface area contributed by atoms with E-state index in [9.17, 15) is 13.6 Å². The van der Waals surface area contributed by atoms with Gasteiger partial charge in [0.25, 0.3) is 5.91 Å². The summed E-state index contributed by atoms with van der Waals surface area (Å²) in [7, 11) is 0. The fourth-order valence-electron chi connectivity index (χ4n) is 3.26. The van der Waals surface area contributed by atoms with Gasteiger partial charge in [0.15, 0.2) is 11.6 Å². The Hall–Kier alpha value is -3.02. The second kappa shape index (κ2) is 6.12. The maximum atomic E-state index is 13.6. The van der Waals surface area contributed by atoms with E-state index in [2.05, 4.69) is 9.97 Å². The zero-order valence-electron chi connectivity index (χ0n) is 13.2. The lowest BCUT2D eigenvalue weighted by atomic mass is 9.95. The molecule has 126 valence electrons. The van der Waals surface area contributed by atoms with E-state index in [-0.39, 0.29) is 17.5 Å². The van der Waals surface area contributed by atoms with E-state index in [1.165, 1.54) is 6.07 Å². The van der Waals surface area contributed by atoms with Crippen molar-refractivity contribution in [3.63, 3.8) is 0 Å². The number of hydrogen-bond donors (Lipinski definition) is 1. The lowest BCUT2D eigenvalue weighted by Gasteiger charge is -2.35. The Morgan fingerprint density at radius 3 is 2.68 bits per heavy atom. The molecule has 0 bridgehead atoms. The van der Waals surface area contributed by atoms with Crippen molar-refractivity contribution in [1.82, 2.24) is 14.9 Å². The molecule has 2 aromatic carbocycles. The highest BCUT2D eigenvalue weighted by molar-refractivity contribution is 5.95. The summed E-state index contributed by atoms with van der Waals surface area (Å²) in [4.78, 5) is 22.1. The third-order valence-corrected chi connectivity index (χ3v) is 4.47. The number of hydrogen-bond acceptors (Lipinski definition) is 2. The first-order valence-electron chi connectivity index (χ1n) is 7.98. The van der Waals surface area contributed by atoms with Crippen molar-refractivity contribution < 1.29 is 13.6 Å². The van der Waals surface area contributed by atoms with E-state index in [4.69, 9.17) is 0 Å². The number of imidazole rings is 1. The first-order chi connectivity index (χ1) is 12.1. The van der Waals surface area contributed by atoms with Gasteiger partial charge >= 0.3 is 0 Å². The summed E-state index contributed by atoms with van der Waals surface area (Å²) < 4.78 is 26.7. The zero-order valence-corrected chi connectivity index (χ0v) is 13.2. The molecule has 4 rings (SSSR count). The van der Waals surface area contributed by atoms with Crippen LogP contribution in [0.2, 0.25) is 0 Å². The maximum absolute atomic E-state index is 13.6. The molecule has 0 saturated heterocycles. The molecule has 6 heteroatoms. The van der Waals surface area contributed by atoms with Crippen LogP contribution in [0.25, 0.3) is 0 Å². The van der Waals surface area contributed by atoms with Crippen molar-refractivity contribution in [1.29, 1.82) is 0 Å². The Labute approximate surface area is 143 Å². The van der Waals surface area contributed by atoms with Crippen LogP contribution < -0.4 is 0 Å². The minimum Gasteiger partial charge on any atom is -0.348 e. The van der Waals surface area contributed by atoms with Crippen molar-refractivity contribution in [2.75, 3.05) is 6.54 Å². The van der Waals surface area contributed by atoms with Crippen LogP contribution in [-0.4, -0.2) is 27.3 Å². The van der Waals surface area contributed by atoms with Crippen LogP contribution in [0.5, 0.6) is 0 Å². The molecule has 0 saturated carbocycles. The second-order valence-electron chi connectivity index (χ2n) is 5.96. The number of H-pyrrole nitrogens is 1. The molecule has 2 heterocycles. The molecule has 25 heavy (non-hydrogen) atoms. The van der Waals surface area contributed by atoms with Crippen LogP contribution >= 0.6 is 0 Å². The Morgan fingerprint density at radius 2 is 1.92 bits per heavy atom. The summed E-state index contributed by atoms with van der Waals surface area (Å²) in [5.41, 5.74) is 2.82. The first-order valence-corrected chi connectivity index (χ1v) is 7.98. The fourth-order valence-corrected chi connectivity index (χ4v) is 3.26. The minimum atomic E-state index is -1.03. The smallest absolute Gasteiger partial charge is 0.254 e. The predicted molar refractivity (Wildman–Crippen MR) is 88.0 cm³/mol. The summed E-state index contributed by atoms with van der Waals surface area (Å²) in [5, 5.41) is 0. The molecule has 0 spiro atoms. The maximum Gasteiger partial charge on any atom is 0.254 e. The molecule has 1 N–H and O–H groups in total. The van der Waals surface area contributed by atoms with Gasteiger partial charge < -0.3 is 9.88 Å². The van der Waals surface area contributed by atoms with Crippen LogP contribution in [0.3, 0.4) is 0 Å². The third-order valence-electron chi connectivity index (χ3n) is 4.47. The van der Waals surface area contributed by atoms with Crippen molar-refractivity contribution >= 4 is 5.91 Å². The normalized spacial score (nSPS) is 16.6. The molecular formula is C19H15F2N3O. The molecule has 0 radical (unpaired) electrons. The van der Waals surface area contributed by atoms with E-state index < -0.39 is 11.6 Å². The largest absolute Gasteiger partial charge is 0.348 e. The average molecular weight is 339 g/mol. The van der Waals surface area contributed by atoms with Crippen LogP contribution in [0, 0.1) is 11.6 Å². The number of benzene rings is 2. The number of carbonyl (C=O) groups excluding carboxylic acids is 1. The van der Waals surface area contributed by atoms with Gasteiger partial charge in [0.2, 0.25) is 0 Å². The quantitative estimate of drug-likeness (QED) is 0.777. The molecule has 1 unspecified atom stereocenters. The van der Waals surface area contributed by atoms with Gasteiger partial charge in [-0.3, -0.25) is 4.79 Å². The number of aromatic amines is 1. The standard InChI is InChI=1S/C19H15F2N3O/c20-14-7-6-13(10-15(14)21)19(25)24-9-8-16-17(23-11-22-16)18(24)12-4-2-1-3-5-12/h1-7,10-11,18H,8-9H2,(H,22,23). The summed E-state index contributed by atoms with van der Waals surface area (Å²) in [6.45, 7) is 0.465. The van der Waals surface area contributed by atoms with Crippen LogP contribution in [0.1, 0.15) is 33.4 Å². The Balaban J connectivity index is 1.77. The number of halogens is 2. The monoisotopic (exact) mass is 339 g/mol. The van der Waals surface area contributed by atoms with Crippen molar-refractivity contribution in [3.05, 3.63) is 89.0 Å². The van der Waals surface area contributed by atoms with Gasteiger partial charge in [0.05, 0.1) is 12.0 Å². The molecule has 1 amide bonds. The number of fused-ring (bicyclic) bond motifs is 1. The number of carbonyl (C=O) groups is 1. The van der Waals surface area contributed by atoms with Gasteiger partial charge in [-0.25, -0.2) is 13.8 Å². The molecule has 1 aliphatic heterocycles. The number of rotatable bonds is 2. The van der Waals surface area contributed by atoms with E-state index >= 15 is 0 Å². The highest BCUT2D eigenvalue weighted by Crippen LogP contribution is 2.34. The number of nitrogens with one attached hydrogen (secondary N) is 1. The van der Waals surface area contributed by atoms with E-state index in [1.54, 1.807) is 11.2 Å². The van der Waals surface area contributed by atoms with Gasteiger partial charge in [-0.1, -0.05) is 30.3 Å². The summed E-state index contributed by atoms with van der Waals surface area (Å²) in [5.74, 6) is -2.34. The zero-order chi connectivity index (χ0) is 17.4. The van der Waals surface area contributed by atoms with Gasteiger partial charge in [0.1, 0.15) is 6.04 Å². The Kier molecular flexibility index (Phi) is 3.80. The molecule has 1 aromatic heterocycles. The van der Waals surface area contributed by atoms with Gasteiger partial charge in [0, 0.05) is 24.2 Å². The van der Waals surface area contributed by atoms with Crippen molar-refractivity contribution in [2.45, 2.75) is 12.5 Å². The summed E-state index contributed by atoms with van der Waals surface area (Å²) in [6.07, 6.45) is 2.25. The fraction of sp³-hybridized carbons (Fsp3) is 0.158. The Bertz CT molecular complexity index is 923. The van der Waals surface area contributed by atoms with E-state index in [0.29, 0.717) is 13.0 Å². The van der Waals surface area contributed by atoms with Crippen LogP contribution in [-0.2, 0) is 6.42 Å². The molecule has 1 atom stereocenters. The number of amides is 1. The van der Waals surface area contributed by atoms with Crippen molar-refractivity contribution in [3.8, 4) is 0 Å². The molecule has 4 nitrogen and oxygen atoms in total. The average Bonchev–Trinajstić information content (AvgIpc) is 3.12. The van der Waals surface area contributed by atoms with Gasteiger partial charge in [-0.15, -0.1) is 0 Å². The molecule has 0 aliphatic carbocycles. The SMILES string of the molecule is O=C(c1ccc(F)c(F)c1)N1CCc2[nH]cnc2C1c1ccccc1. The van der Waals surface area contributed by atoms with Crippen LogP contribution in [0.15, 0.2) is 54.9 Å². The molecule has 0 fully saturated rings. The Morgan fingerprint density at radius 1 is 1.12 bits per heavy atom. The lowest BCUT2D eigenvalue weighted by molar-refractivity contribution is 0.0690. The highest BCUT2D eigenvalue weighted by Gasteiger charge is 2.34.